The van der Waals surface area contributed by atoms with E-state index in [2.05, 4.69) is 13.8 Å². The first-order valence-electron chi connectivity index (χ1n) is 37.8. The number of carbonyl (C=O) groups excluding carboxylic acids is 11. The summed E-state index contributed by atoms with van der Waals surface area (Å²) in [4.78, 5) is 120. The molecule has 0 aliphatic heterocycles. The van der Waals surface area contributed by atoms with Crippen LogP contribution in [-0.4, -0.2) is 63.6 Å². The lowest BCUT2D eigenvalue weighted by atomic mass is 9.79. The second-order valence-corrected chi connectivity index (χ2v) is 32.1. The molecule has 0 bridgehead atoms. The van der Waals surface area contributed by atoms with Crippen LogP contribution >= 0.6 is 0 Å². The third-order valence-corrected chi connectivity index (χ3v) is 16.8. The Morgan fingerprint density at radius 1 is 0.319 bits per heavy atom. The molecule has 0 aromatic carbocycles. The smallest absolute Gasteiger partial charge is 0.140 e. The number of rotatable bonds is 23. The van der Waals surface area contributed by atoms with E-state index >= 15 is 0 Å². The Kier molecular flexibility index (Phi) is 65.7. The molecular weight excluding hydrogens is 1170 g/mol. The van der Waals surface area contributed by atoms with Crippen molar-refractivity contribution in [3.63, 3.8) is 0 Å². The molecule has 0 radical (unpaired) electrons. The molecule has 11 heteroatoms. The molecule has 4 aliphatic rings. The lowest BCUT2D eigenvalue weighted by Gasteiger charge is -2.25. The molecule has 4 fully saturated rings. The molecule has 11 nitrogen and oxygen atoms in total. The molecule has 0 amide bonds. The highest BCUT2D eigenvalue weighted by Gasteiger charge is 2.31. The zero-order valence-corrected chi connectivity index (χ0v) is 68.3. The van der Waals surface area contributed by atoms with Gasteiger partial charge < -0.3 is 0 Å². The predicted molar refractivity (Wildman–Crippen MR) is 401 cm³/mol. The van der Waals surface area contributed by atoms with Gasteiger partial charge in [-0.1, -0.05) is 267 Å². The predicted octanol–water partition coefficient (Wildman–Crippen LogP) is 22.3. The van der Waals surface area contributed by atoms with E-state index < -0.39 is 0 Å². The second kappa shape index (κ2) is 59.4. The van der Waals surface area contributed by atoms with Crippen molar-refractivity contribution in [2.45, 2.75) is 357 Å². The summed E-state index contributed by atoms with van der Waals surface area (Å²) < 4.78 is 0. The van der Waals surface area contributed by atoms with Gasteiger partial charge >= 0.3 is 0 Å². The highest BCUT2D eigenvalue weighted by Crippen LogP contribution is 2.32. The summed E-state index contributed by atoms with van der Waals surface area (Å²) in [5.41, 5.74) is -0.159. The largest absolute Gasteiger partial charge is 0.300 e. The molecule has 1 atom stereocenters. The number of hydrogen-bond acceptors (Lipinski definition) is 11. The van der Waals surface area contributed by atoms with Crippen LogP contribution in [0.3, 0.4) is 0 Å². The fourth-order valence-electron chi connectivity index (χ4n) is 9.43. The topological polar surface area (TPSA) is 188 Å². The summed E-state index contributed by atoms with van der Waals surface area (Å²) in [5.74, 6) is 9.53. The summed E-state index contributed by atoms with van der Waals surface area (Å²) in [5, 5.41) is 0. The minimum atomic E-state index is -0.159. The van der Waals surface area contributed by atoms with Crippen molar-refractivity contribution in [3.05, 3.63) is 0 Å². The summed E-state index contributed by atoms with van der Waals surface area (Å²) in [6.45, 7) is 66.4. The zero-order valence-electron chi connectivity index (χ0n) is 68.3. The quantitative estimate of drug-likeness (QED) is 0.0947. The SMILES string of the molecule is CC(=O)C(C)C.CC(C)C(=O)C(C)(C)C.CC(C)C(=O)C(C)C.CC(C)C(=O)C1CC1.CC(C)C(=O)C1CCC1.CC(C)C(=O)C1CCCC1.CC(C)C(=O)C1CCCCC1.CC(C)CC(=O)C(C)C.CCC(=O)C(C)C.CCC(C)C(=O)C(C)C.CCCC(=O)C(C)C. The number of hydrogen-bond donors (Lipinski definition) is 0. The summed E-state index contributed by atoms with van der Waals surface area (Å²) in [6.07, 6.45) is 21.0. The Bertz CT molecular complexity index is 1980. The van der Waals surface area contributed by atoms with Crippen molar-refractivity contribution in [2.75, 3.05) is 0 Å². The first-order valence-corrected chi connectivity index (χ1v) is 37.8. The highest BCUT2D eigenvalue weighted by atomic mass is 16.2. The van der Waals surface area contributed by atoms with E-state index in [0.717, 1.165) is 77.0 Å². The van der Waals surface area contributed by atoms with Crippen molar-refractivity contribution in [1.82, 2.24) is 0 Å². The van der Waals surface area contributed by atoms with Gasteiger partial charge in [0.05, 0.1) is 0 Å². The monoisotopic (exact) mass is 1330 g/mol. The van der Waals surface area contributed by atoms with Crippen molar-refractivity contribution < 1.29 is 52.7 Å². The van der Waals surface area contributed by atoms with Crippen LogP contribution in [0.4, 0.5) is 0 Å². The van der Waals surface area contributed by atoms with Gasteiger partial charge in [-0.05, 0) is 77.0 Å². The Morgan fingerprint density at radius 3 is 0.702 bits per heavy atom. The van der Waals surface area contributed by atoms with Crippen molar-refractivity contribution in [2.24, 2.45) is 112 Å². The van der Waals surface area contributed by atoms with E-state index in [0.29, 0.717) is 93.8 Å². The van der Waals surface area contributed by atoms with E-state index in [1.807, 2.05) is 215 Å². The number of carbonyl (C=O) groups is 11. The first-order chi connectivity index (χ1) is 42.9. The summed E-state index contributed by atoms with van der Waals surface area (Å²) >= 11 is 0. The van der Waals surface area contributed by atoms with E-state index in [-0.39, 0.29) is 88.1 Å². The van der Waals surface area contributed by atoms with Gasteiger partial charge in [-0.25, -0.2) is 0 Å². The van der Waals surface area contributed by atoms with Crippen molar-refractivity contribution in [1.29, 1.82) is 0 Å². The van der Waals surface area contributed by atoms with Crippen LogP contribution in [0.25, 0.3) is 0 Å². The molecule has 0 N–H and O–H groups in total. The standard InChI is InChI=1S/C10H18O.C9H16O.C8H14O.3C8H16O.C7H12O.2C7H14O.C6H12O.C5H10O/c1-8(2)10(11)9-6-4-3-5-7-9;1-7(2)9(10)8-5-3-4-6-8;1-6(2)8(9)7-4-3-5-7;1-6(2)7(9)8(3,4)5;1-6(2)5-8(9)7(3)4;1-5-7(4)8(9)6(2)3;1-5(2)7(8)6-3-4-6;1-5(2)7(8)6(3)4;1-4-5-7(8)6(2)3;1-4-6(7)5(2)3;1-4(2)5(3)6/h8-9H,3-7H2,1-2H3;7-8H,3-6H2,1-2H3;6-7H,3-5H2,1-2H3;6H,1-5H3;2*6-7H,5H2,1-4H3;5-6H,3-4H2,1-2H3;5-6H,1-4H3;6H,4-5H2,1-3H3;5H,4H2,1-3H3;4H,1-3H3. The molecule has 556 valence electrons. The molecule has 0 aromatic heterocycles. The fraction of sp³-hybridized carbons (Fsp3) is 0.867. The minimum absolute atomic E-state index is 0.159. The van der Waals surface area contributed by atoms with E-state index in [9.17, 15) is 52.7 Å². The third kappa shape index (κ3) is 60.8. The van der Waals surface area contributed by atoms with Gasteiger partial charge in [0, 0.05) is 125 Å². The molecular formula is C83H158O11. The molecule has 0 aromatic rings. The van der Waals surface area contributed by atoms with Crippen LogP contribution in [0.2, 0.25) is 0 Å². The van der Waals surface area contributed by atoms with E-state index in [4.69, 9.17) is 0 Å². The molecule has 4 rings (SSSR count). The Balaban J connectivity index is -0.000000178. The van der Waals surface area contributed by atoms with Gasteiger partial charge in [0.25, 0.3) is 0 Å². The summed E-state index contributed by atoms with van der Waals surface area (Å²) in [7, 11) is 0. The average Bonchev–Trinajstić information content (AvgIpc) is 1.61. The Hall–Kier alpha value is -3.63. The van der Waals surface area contributed by atoms with Crippen LogP contribution in [0, 0.1) is 112 Å². The van der Waals surface area contributed by atoms with Crippen molar-refractivity contribution >= 4 is 63.6 Å². The maximum atomic E-state index is 11.5. The molecule has 4 aliphatic carbocycles. The van der Waals surface area contributed by atoms with E-state index in [1.165, 1.54) is 38.5 Å². The fourth-order valence-corrected chi connectivity index (χ4v) is 9.43. The molecule has 4 saturated carbocycles. The molecule has 0 heterocycles. The van der Waals surface area contributed by atoms with Gasteiger partial charge in [-0.3, -0.25) is 52.7 Å². The Labute approximate surface area is 582 Å². The normalized spacial score (nSPS) is 14.8. The van der Waals surface area contributed by atoms with Crippen LogP contribution in [0.15, 0.2) is 0 Å². The second-order valence-electron chi connectivity index (χ2n) is 32.1. The van der Waals surface area contributed by atoms with Crippen LogP contribution in [-0.2, 0) is 52.7 Å². The van der Waals surface area contributed by atoms with Crippen molar-refractivity contribution in [3.8, 4) is 0 Å². The lowest BCUT2D eigenvalue weighted by Crippen LogP contribution is -2.25. The van der Waals surface area contributed by atoms with Gasteiger partial charge in [0.1, 0.15) is 63.6 Å². The minimum Gasteiger partial charge on any atom is -0.300 e. The van der Waals surface area contributed by atoms with Gasteiger partial charge in [-0.15, -0.1) is 0 Å². The van der Waals surface area contributed by atoms with Gasteiger partial charge in [-0.2, -0.15) is 0 Å². The van der Waals surface area contributed by atoms with Gasteiger partial charge in [0.15, 0.2) is 0 Å². The molecule has 0 spiro atoms. The number of ketones is 11. The lowest BCUT2D eigenvalue weighted by molar-refractivity contribution is -0.129. The molecule has 0 saturated heterocycles. The average molecular weight is 1330 g/mol. The zero-order chi connectivity index (χ0) is 75.7. The summed E-state index contributed by atoms with van der Waals surface area (Å²) in [6, 6.07) is 0. The number of Topliss-reactive ketones (excluding diaryl/α,β-unsaturated/α-hetero) is 11. The molecule has 1 unspecified atom stereocenters. The Morgan fingerprint density at radius 2 is 0.596 bits per heavy atom. The maximum Gasteiger partial charge on any atom is 0.140 e. The first kappa shape index (κ1) is 104. The van der Waals surface area contributed by atoms with Gasteiger partial charge in [0.2, 0.25) is 0 Å². The van der Waals surface area contributed by atoms with Crippen LogP contribution in [0.1, 0.15) is 357 Å². The highest BCUT2D eigenvalue weighted by molar-refractivity contribution is 5.87. The third-order valence-electron chi connectivity index (χ3n) is 16.8. The molecule has 94 heavy (non-hydrogen) atoms. The van der Waals surface area contributed by atoms with Crippen LogP contribution < -0.4 is 0 Å². The maximum absolute atomic E-state index is 11.5. The van der Waals surface area contributed by atoms with E-state index in [1.54, 1.807) is 6.92 Å². The van der Waals surface area contributed by atoms with Crippen LogP contribution in [0.5, 0.6) is 0 Å².